The van der Waals surface area contributed by atoms with Crippen LogP contribution in [0.15, 0.2) is 24.3 Å². The summed E-state index contributed by atoms with van der Waals surface area (Å²) in [6.45, 7) is 3.17. The second-order valence-corrected chi connectivity index (χ2v) is 4.51. The Morgan fingerprint density at radius 3 is 2.67 bits per heavy atom. The van der Waals surface area contributed by atoms with Crippen molar-refractivity contribution >= 4 is 17.5 Å². The van der Waals surface area contributed by atoms with Gasteiger partial charge in [-0.1, -0.05) is 11.6 Å². The quantitative estimate of drug-likeness (QED) is 0.788. The van der Waals surface area contributed by atoms with Gasteiger partial charge >= 0.3 is 0 Å². The minimum atomic E-state index is -0.626. The third-order valence-corrected chi connectivity index (χ3v) is 2.82. The van der Waals surface area contributed by atoms with Crippen molar-refractivity contribution in [3.05, 3.63) is 29.3 Å². The van der Waals surface area contributed by atoms with Crippen molar-refractivity contribution in [2.75, 3.05) is 13.1 Å². The molecule has 1 saturated heterocycles. The van der Waals surface area contributed by atoms with E-state index >= 15 is 0 Å². The highest BCUT2D eigenvalue weighted by Gasteiger charge is 2.21. The normalized spacial score (nSPS) is 16.8. The zero-order valence-corrected chi connectivity index (χ0v) is 10.7. The predicted molar refractivity (Wildman–Crippen MR) is 67.4 cm³/mol. The van der Waals surface area contributed by atoms with Crippen molar-refractivity contribution in [3.63, 3.8) is 0 Å². The zero-order chi connectivity index (χ0) is 13.0. The number of ether oxygens (including phenoxy) is 1. The second-order valence-electron chi connectivity index (χ2n) is 4.08. The van der Waals surface area contributed by atoms with E-state index in [4.69, 9.17) is 21.2 Å². The number of amides is 1. The van der Waals surface area contributed by atoms with Gasteiger partial charge in [0.25, 0.3) is 5.91 Å². The summed E-state index contributed by atoms with van der Waals surface area (Å²) < 4.78 is 5.45. The Morgan fingerprint density at radius 1 is 1.44 bits per heavy atom. The Hall–Kier alpha value is -1.30. The lowest BCUT2D eigenvalue weighted by Crippen LogP contribution is -2.52. The molecule has 1 aliphatic heterocycles. The van der Waals surface area contributed by atoms with Crippen LogP contribution in [-0.4, -0.2) is 31.2 Å². The summed E-state index contributed by atoms with van der Waals surface area (Å²) in [5.74, 6) is 0.282. The molecule has 6 heteroatoms. The van der Waals surface area contributed by atoms with E-state index in [1.54, 1.807) is 31.2 Å². The maximum absolute atomic E-state index is 11.7. The number of carbonyl (C=O) groups is 1. The van der Waals surface area contributed by atoms with Gasteiger partial charge < -0.3 is 10.1 Å². The third-order valence-electron chi connectivity index (χ3n) is 2.57. The molecule has 0 saturated carbocycles. The summed E-state index contributed by atoms with van der Waals surface area (Å²) in [7, 11) is 0. The minimum Gasteiger partial charge on any atom is -0.481 e. The SMILES string of the molecule is CC(Oc1ccc(Cl)cc1)C(=O)NOC1CNC1. The molecule has 1 aromatic rings. The molecule has 0 aromatic heterocycles. The van der Waals surface area contributed by atoms with Crippen LogP contribution >= 0.6 is 11.6 Å². The monoisotopic (exact) mass is 270 g/mol. The van der Waals surface area contributed by atoms with Crippen LogP contribution < -0.4 is 15.5 Å². The Kier molecular flexibility index (Phi) is 4.41. The molecule has 2 rings (SSSR count). The van der Waals surface area contributed by atoms with Crippen molar-refractivity contribution < 1.29 is 14.4 Å². The fourth-order valence-electron chi connectivity index (χ4n) is 1.34. The Morgan fingerprint density at radius 2 is 2.11 bits per heavy atom. The van der Waals surface area contributed by atoms with Crippen LogP contribution in [-0.2, 0) is 9.63 Å². The molecule has 0 bridgehead atoms. The number of hydrogen-bond acceptors (Lipinski definition) is 4. The second kappa shape index (κ2) is 6.04. The van der Waals surface area contributed by atoms with Gasteiger partial charge in [-0.25, -0.2) is 5.48 Å². The van der Waals surface area contributed by atoms with Gasteiger partial charge in [0.1, 0.15) is 11.9 Å². The Balaban J connectivity index is 1.77. The average molecular weight is 271 g/mol. The number of rotatable bonds is 5. The number of carbonyl (C=O) groups excluding carboxylic acids is 1. The van der Waals surface area contributed by atoms with Crippen LogP contribution in [0.5, 0.6) is 5.75 Å². The summed E-state index contributed by atoms with van der Waals surface area (Å²) in [5, 5.41) is 3.66. The third kappa shape index (κ3) is 3.60. The zero-order valence-electron chi connectivity index (χ0n) is 9.98. The molecular formula is C12H15ClN2O3. The molecule has 98 valence electrons. The van der Waals surface area contributed by atoms with Crippen LogP contribution in [0.2, 0.25) is 5.02 Å². The smallest absolute Gasteiger partial charge is 0.284 e. The first kappa shape index (κ1) is 13.1. The molecule has 18 heavy (non-hydrogen) atoms. The van der Waals surface area contributed by atoms with Crippen LogP contribution in [0, 0.1) is 0 Å². The number of hydrogen-bond donors (Lipinski definition) is 2. The van der Waals surface area contributed by atoms with E-state index < -0.39 is 6.10 Å². The highest BCUT2D eigenvalue weighted by atomic mass is 35.5. The molecule has 1 fully saturated rings. The van der Waals surface area contributed by atoms with E-state index in [-0.39, 0.29) is 12.0 Å². The van der Waals surface area contributed by atoms with Crippen molar-refractivity contribution in [1.29, 1.82) is 0 Å². The molecule has 0 spiro atoms. The molecule has 1 amide bonds. The van der Waals surface area contributed by atoms with Gasteiger partial charge in [-0.2, -0.15) is 0 Å². The standard InChI is InChI=1S/C12H15ClN2O3/c1-8(12(16)15-18-11-6-14-7-11)17-10-4-2-9(13)3-5-10/h2-5,8,11,14H,6-7H2,1H3,(H,15,16). The number of hydroxylamine groups is 1. The van der Waals surface area contributed by atoms with Gasteiger partial charge in [0.05, 0.1) is 0 Å². The van der Waals surface area contributed by atoms with Crippen LogP contribution in [0.1, 0.15) is 6.92 Å². The first-order valence-electron chi connectivity index (χ1n) is 5.73. The van der Waals surface area contributed by atoms with Gasteiger partial charge in [0, 0.05) is 18.1 Å². The molecule has 0 aliphatic carbocycles. The molecule has 1 aromatic carbocycles. The lowest BCUT2D eigenvalue weighted by molar-refractivity contribution is -0.147. The summed E-state index contributed by atoms with van der Waals surface area (Å²) in [6.07, 6.45) is -0.573. The fourth-order valence-corrected chi connectivity index (χ4v) is 1.47. The predicted octanol–water partition coefficient (Wildman–Crippen LogP) is 1.13. The van der Waals surface area contributed by atoms with Crippen molar-refractivity contribution in [3.8, 4) is 5.75 Å². The van der Waals surface area contributed by atoms with E-state index in [1.165, 1.54) is 0 Å². The maximum atomic E-state index is 11.7. The number of halogens is 1. The lowest BCUT2D eigenvalue weighted by atomic mass is 10.2. The highest BCUT2D eigenvalue weighted by Crippen LogP contribution is 2.16. The Bertz CT molecular complexity index is 406. The van der Waals surface area contributed by atoms with Gasteiger partial charge in [-0.05, 0) is 31.2 Å². The number of benzene rings is 1. The topological polar surface area (TPSA) is 59.6 Å². The summed E-state index contributed by atoms with van der Waals surface area (Å²) in [5.41, 5.74) is 2.39. The molecular weight excluding hydrogens is 256 g/mol. The van der Waals surface area contributed by atoms with Crippen LogP contribution in [0.4, 0.5) is 0 Å². The molecule has 0 radical (unpaired) electrons. The molecule has 1 aliphatic rings. The van der Waals surface area contributed by atoms with Gasteiger partial charge in [0.15, 0.2) is 6.10 Å². The van der Waals surface area contributed by atoms with E-state index in [0.717, 1.165) is 13.1 Å². The van der Waals surface area contributed by atoms with E-state index in [0.29, 0.717) is 10.8 Å². The molecule has 1 heterocycles. The van der Waals surface area contributed by atoms with Crippen LogP contribution in [0.25, 0.3) is 0 Å². The van der Waals surface area contributed by atoms with Gasteiger partial charge in [-0.15, -0.1) is 0 Å². The van der Waals surface area contributed by atoms with Gasteiger partial charge in [0.2, 0.25) is 0 Å². The molecule has 2 N–H and O–H groups in total. The Labute approximate surface area is 110 Å². The summed E-state index contributed by atoms with van der Waals surface area (Å²) >= 11 is 5.76. The van der Waals surface area contributed by atoms with E-state index in [1.807, 2.05) is 0 Å². The molecule has 1 atom stereocenters. The van der Waals surface area contributed by atoms with Gasteiger partial charge in [-0.3, -0.25) is 9.63 Å². The first-order valence-corrected chi connectivity index (χ1v) is 6.11. The largest absolute Gasteiger partial charge is 0.481 e. The van der Waals surface area contributed by atoms with Crippen molar-refractivity contribution in [2.45, 2.75) is 19.1 Å². The van der Waals surface area contributed by atoms with Crippen molar-refractivity contribution in [2.24, 2.45) is 0 Å². The fraction of sp³-hybridized carbons (Fsp3) is 0.417. The number of nitrogens with one attached hydrogen (secondary N) is 2. The lowest BCUT2D eigenvalue weighted by Gasteiger charge is -2.27. The van der Waals surface area contributed by atoms with Crippen LogP contribution in [0.3, 0.4) is 0 Å². The average Bonchev–Trinajstić information content (AvgIpc) is 2.30. The first-order chi connectivity index (χ1) is 8.65. The maximum Gasteiger partial charge on any atom is 0.284 e. The van der Waals surface area contributed by atoms with Crippen molar-refractivity contribution in [1.82, 2.24) is 10.8 Å². The summed E-state index contributed by atoms with van der Waals surface area (Å²) in [6, 6.07) is 6.84. The highest BCUT2D eigenvalue weighted by molar-refractivity contribution is 6.30. The molecule has 1 unspecified atom stereocenters. The van der Waals surface area contributed by atoms with E-state index in [2.05, 4.69) is 10.8 Å². The van der Waals surface area contributed by atoms with E-state index in [9.17, 15) is 4.79 Å². The molecule has 5 nitrogen and oxygen atoms in total. The summed E-state index contributed by atoms with van der Waals surface area (Å²) in [4.78, 5) is 16.8. The minimum absolute atomic E-state index is 0.0525.